The molecule has 0 spiro atoms. The summed E-state index contributed by atoms with van der Waals surface area (Å²) in [6.45, 7) is 17.6. The van der Waals surface area contributed by atoms with Crippen LogP contribution in [-0.2, 0) is 20.1 Å². The maximum Gasteiger partial charge on any atom is 0.495 e. The Morgan fingerprint density at radius 1 is 0.333 bits per heavy atom. The van der Waals surface area contributed by atoms with E-state index in [1.54, 1.807) is 0 Å². The van der Waals surface area contributed by atoms with E-state index in [0.717, 1.165) is 71.8 Å². The van der Waals surface area contributed by atoms with Crippen molar-refractivity contribution in [3.05, 3.63) is 258 Å². The lowest BCUT2D eigenvalue weighted by atomic mass is 9.72. The summed E-state index contributed by atoms with van der Waals surface area (Å²) in [5.74, 6) is 3.10. The largest absolute Gasteiger partial charge is 0.495 e. The quantitative estimate of drug-likeness (QED) is 0.149. The van der Waals surface area contributed by atoms with Gasteiger partial charge in [-0.05, 0) is 114 Å². The molecule has 10 aromatic carbocycles. The predicted octanol–water partition coefficient (Wildman–Crippen LogP) is 19.1. The Kier molecular flexibility index (Phi) is 13.6. The van der Waals surface area contributed by atoms with Gasteiger partial charge < -0.3 is 18.1 Å². The van der Waals surface area contributed by atoms with Crippen molar-refractivity contribution in [1.82, 2.24) is 29.9 Å². The van der Waals surface area contributed by atoms with Crippen LogP contribution in [0.25, 0.3) is 123 Å². The van der Waals surface area contributed by atoms with E-state index in [9.17, 15) is 0 Å². The van der Waals surface area contributed by atoms with Crippen LogP contribution in [0.2, 0.25) is 5.28 Å². The van der Waals surface area contributed by atoms with Gasteiger partial charge in [-0.25, -0.2) is 19.9 Å². The monoisotopic (exact) mass is 1190 g/mol. The number of para-hydroxylation sites is 2. The Balaban J connectivity index is 0.000000120. The highest BCUT2D eigenvalue weighted by Crippen LogP contribution is 2.57. The van der Waals surface area contributed by atoms with Gasteiger partial charge in [-0.3, -0.25) is 0 Å². The van der Waals surface area contributed by atoms with Gasteiger partial charge in [-0.2, -0.15) is 9.97 Å². The van der Waals surface area contributed by atoms with E-state index in [0.29, 0.717) is 29.1 Å². The molecule has 17 rings (SSSR count). The Morgan fingerprint density at radius 3 is 1.12 bits per heavy atom. The highest BCUT2D eigenvalue weighted by Gasteiger charge is 2.54. The van der Waals surface area contributed by atoms with E-state index in [1.807, 2.05) is 146 Å². The molecule has 0 bridgehead atoms. The van der Waals surface area contributed by atoms with E-state index in [4.69, 9.17) is 44.7 Å². The van der Waals surface area contributed by atoms with Crippen LogP contribution in [0.1, 0.15) is 77.6 Å². The van der Waals surface area contributed by atoms with Gasteiger partial charge in [0.2, 0.25) is 5.28 Å². The lowest BCUT2D eigenvalue weighted by Gasteiger charge is -2.32. The van der Waals surface area contributed by atoms with Crippen molar-refractivity contribution in [3.8, 4) is 79.2 Å². The van der Waals surface area contributed by atoms with Crippen molar-refractivity contribution >= 4 is 68.1 Å². The van der Waals surface area contributed by atoms with E-state index in [2.05, 4.69) is 155 Å². The normalized spacial score (nSPS) is 15.2. The molecule has 0 amide bonds. The number of nitrogens with zero attached hydrogens (tertiary/aromatic N) is 6. The van der Waals surface area contributed by atoms with Crippen molar-refractivity contribution in [2.75, 3.05) is 0 Å². The fourth-order valence-electron chi connectivity index (χ4n) is 13.4. The second-order valence-electron chi connectivity index (χ2n) is 25.3. The zero-order valence-electron chi connectivity index (χ0n) is 51.2. The first kappa shape index (κ1) is 56.6. The summed E-state index contributed by atoms with van der Waals surface area (Å²) >= 11 is 5.99. The van der Waals surface area contributed by atoms with Crippen LogP contribution in [0.15, 0.2) is 239 Å². The molecular weight excluding hydrogens is 1130 g/mol. The van der Waals surface area contributed by atoms with Gasteiger partial charge in [0.1, 0.15) is 22.3 Å². The number of rotatable bonds is 6. The predicted molar refractivity (Wildman–Crippen MR) is 364 cm³/mol. The van der Waals surface area contributed by atoms with Crippen molar-refractivity contribution in [2.45, 2.75) is 77.4 Å². The number of halogens is 1. The molecule has 0 N–H and O–H groups in total. The summed E-state index contributed by atoms with van der Waals surface area (Å²) in [7, 11) is -0.446. The molecule has 0 atom stereocenters. The first-order valence-electron chi connectivity index (χ1n) is 30.5. The van der Waals surface area contributed by atoms with Crippen LogP contribution in [0, 0.1) is 0 Å². The summed E-state index contributed by atoms with van der Waals surface area (Å²) in [5.41, 5.74) is 18.2. The van der Waals surface area contributed by atoms with Gasteiger partial charge in [-0.1, -0.05) is 234 Å². The third-order valence-corrected chi connectivity index (χ3v) is 18.6. The molecule has 1 fully saturated rings. The fourth-order valence-corrected chi connectivity index (χ4v) is 13.6. The van der Waals surface area contributed by atoms with Gasteiger partial charge in [0, 0.05) is 60.2 Å². The minimum Gasteiger partial charge on any atom is -0.456 e. The molecule has 14 aromatic rings. The molecule has 1 aliphatic heterocycles. The minimum atomic E-state index is -0.446. The highest BCUT2D eigenvalue weighted by molar-refractivity contribution is 6.64. The van der Waals surface area contributed by atoms with E-state index < -0.39 is 18.3 Å². The Hall–Kier alpha value is -9.91. The van der Waals surface area contributed by atoms with Crippen LogP contribution < -0.4 is 5.46 Å². The Labute approximate surface area is 527 Å². The van der Waals surface area contributed by atoms with Crippen LogP contribution in [0.5, 0.6) is 0 Å². The van der Waals surface area contributed by atoms with Gasteiger partial charge in [0.15, 0.2) is 29.1 Å². The molecule has 0 radical (unpaired) electrons. The summed E-state index contributed by atoms with van der Waals surface area (Å²) in [5, 5.41) is 4.86. The van der Waals surface area contributed by atoms with Gasteiger partial charge >= 0.3 is 7.12 Å². The van der Waals surface area contributed by atoms with Crippen LogP contribution in [0.3, 0.4) is 0 Å². The highest BCUT2D eigenvalue weighted by atomic mass is 35.5. The second-order valence-corrected chi connectivity index (χ2v) is 25.6. The van der Waals surface area contributed by atoms with E-state index in [1.165, 1.54) is 49.9 Å². The Morgan fingerprint density at radius 2 is 0.678 bits per heavy atom. The summed E-state index contributed by atoms with van der Waals surface area (Å²) in [6, 6.07) is 78.0. The van der Waals surface area contributed by atoms with E-state index in [-0.39, 0.29) is 16.1 Å². The molecule has 0 unspecified atom stereocenters. The average Bonchev–Trinajstić information content (AvgIpc) is 1.54. The molecule has 3 aliphatic rings. The molecule has 12 heteroatoms. The lowest BCUT2D eigenvalue weighted by molar-refractivity contribution is 0.00578. The smallest absolute Gasteiger partial charge is 0.456 e. The van der Waals surface area contributed by atoms with Crippen molar-refractivity contribution in [3.63, 3.8) is 0 Å². The molecule has 1 saturated heterocycles. The molecule has 10 nitrogen and oxygen atoms in total. The molecular formula is C78H62BClN6O4. The number of furan rings is 2. The summed E-state index contributed by atoms with van der Waals surface area (Å²) < 4.78 is 25.9. The molecule has 2 aliphatic carbocycles. The zero-order valence-corrected chi connectivity index (χ0v) is 52.0. The van der Waals surface area contributed by atoms with Gasteiger partial charge in [0.25, 0.3) is 0 Å². The van der Waals surface area contributed by atoms with Gasteiger partial charge in [0.05, 0.1) is 11.2 Å². The summed E-state index contributed by atoms with van der Waals surface area (Å²) in [6.07, 6.45) is 0. The number of fused-ring (bicyclic) bond motifs is 14. The average molecular weight is 1190 g/mol. The fraction of sp³-hybridized carbons (Fsp3) is 0.154. The molecule has 438 valence electrons. The SMILES string of the molecule is CC1(C)c2ccccc2-c2c(-c3nc(-c4ccccc4)nc(-c4ccccc4)n3)cc3oc4ccccc4c3c21.CC1(C)c2ccccc2-c2c(B3OC(C)(C)C(C)(C)O3)cc3oc4ccccc4c3c21.Clc1nc(-c2ccccc2)nc(-c2ccccc2)n1. The first-order chi connectivity index (χ1) is 43.5. The molecule has 4 aromatic heterocycles. The van der Waals surface area contributed by atoms with E-state index >= 15 is 0 Å². The first-order valence-corrected chi connectivity index (χ1v) is 30.8. The minimum absolute atomic E-state index is 0.156. The van der Waals surface area contributed by atoms with Crippen LogP contribution in [-0.4, -0.2) is 48.2 Å². The summed E-state index contributed by atoms with van der Waals surface area (Å²) in [4.78, 5) is 27.9. The zero-order chi connectivity index (χ0) is 61.7. The van der Waals surface area contributed by atoms with Crippen molar-refractivity contribution in [1.29, 1.82) is 0 Å². The standard InChI is InChI=1S/C36H25N3O.C27H27BO3.C15H10ClN3/c1-36(2)27-19-11-9-17-24(27)30-26(21-29-31(32(30)36)25-18-10-12-20-28(25)40-29)35-38-33(22-13-5-3-6-14-22)37-34(39-35)23-15-7-4-8-16-23;1-25(2)18-13-9-7-11-16(18)22-19(28-30-26(3,4)27(5,6)31-28)15-21-23(24(22)25)17-12-8-10-14-20(17)29-21;16-15-18-13(11-7-3-1-4-8-11)17-14(19-15)12-9-5-2-6-10-12/h3-21H,1-2H3;7-15H,1-6H3;1-10H. The topological polar surface area (TPSA) is 122 Å². The van der Waals surface area contributed by atoms with Crippen LogP contribution >= 0.6 is 11.6 Å². The Bertz CT molecular complexity index is 4980. The lowest BCUT2D eigenvalue weighted by Crippen LogP contribution is -2.41. The third kappa shape index (κ3) is 9.50. The maximum absolute atomic E-state index is 6.52. The van der Waals surface area contributed by atoms with Crippen LogP contribution in [0.4, 0.5) is 0 Å². The molecule has 90 heavy (non-hydrogen) atoms. The second kappa shape index (κ2) is 21.7. The van der Waals surface area contributed by atoms with Gasteiger partial charge in [-0.15, -0.1) is 0 Å². The third-order valence-electron chi connectivity index (χ3n) is 18.5. The number of aromatic nitrogens is 6. The number of hydrogen-bond acceptors (Lipinski definition) is 10. The van der Waals surface area contributed by atoms with Crippen molar-refractivity contribution in [2.24, 2.45) is 0 Å². The molecule has 5 heterocycles. The number of hydrogen-bond donors (Lipinski definition) is 0. The van der Waals surface area contributed by atoms with Crippen molar-refractivity contribution < 1.29 is 18.1 Å². The number of benzene rings is 10. The molecule has 0 saturated carbocycles. The maximum atomic E-state index is 6.52.